The number of fused-ring (bicyclic) bond motifs is 6. The Morgan fingerprint density at radius 3 is 1.72 bits per heavy atom. The van der Waals surface area contributed by atoms with E-state index in [0.717, 1.165) is 33.9 Å². The van der Waals surface area contributed by atoms with Crippen molar-refractivity contribution >= 4 is 21.5 Å². The van der Waals surface area contributed by atoms with Gasteiger partial charge in [0.15, 0.2) is 5.82 Å². The van der Waals surface area contributed by atoms with Gasteiger partial charge in [0, 0.05) is 22.1 Å². The molecule has 0 N–H and O–H groups in total. The highest BCUT2D eigenvalue weighted by Gasteiger charge is 2.39. The Labute approximate surface area is 310 Å². The van der Waals surface area contributed by atoms with Crippen LogP contribution in [0.15, 0.2) is 182 Å². The van der Waals surface area contributed by atoms with Gasteiger partial charge in [-0.3, -0.25) is 0 Å². The highest BCUT2D eigenvalue weighted by molar-refractivity contribution is 6.05. The monoisotopic (exact) mass is 676 g/mol. The molecule has 0 saturated carbocycles. The third kappa shape index (κ3) is 5.26. The Bertz CT molecular complexity index is 2830. The first-order valence-corrected chi connectivity index (χ1v) is 18.3. The summed E-state index contributed by atoms with van der Waals surface area (Å²) >= 11 is 0. The molecule has 1 aliphatic rings. The predicted molar refractivity (Wildman–Crippen MR) is 222 cm³/mol. The highest BCUT2D eigenvalue weighted by atomic mass is 14.9. The zero-order valence-corrected chi connectivity index (χ0v) is 29.7. The number of hydrogen-bond acceptors (Lipinski definition) is 2. The Kier molecular flexibility index (Phi) is 7.19. The molecule has 1 aliphatic carbocycles. The third-order valence-electron chi connectivity index (χ3n) is 11.0. The molecule has 0 aliphatic heterocycles. The number of nitrogens with zero attached hydrogens (tertiary/aromatic N) is 2. The zero-order chi connectivity index (χ0) is 35.5. The van der Waals surface area contributed by atoms with E-state index in [1.54, 1.807) is 0 Å². The molecule has 53 heavy (non-hydrogen) atoms. The number of benzene rings is 8. The maximum Gasteiger partial charge on any atom is 0.160 e. The van der Waals surface area contributed by atoms with E-state index < -0.39 is 0 Å². The van der Waals surface area contributed by atoms with Gasteiger partial charge in [0.1, 0.15) is 0 Å². The highest BCUT2D eigenvalue weighted by Crippen LogP contribution is 2.55. The summed E-state index contributed by atoms with van der Waals surface area (Å²) in [5, 5.41) is 4.98. The van der Waals surface area contributed by atoms with E-state index in [-0.39, 0.29) is 5.41 Å². The number of hydrogen-bond donors (Lipinski definition) is 0. The van der Waals surface area contributed by atoms with Crippen LogP contribution in [0.4, 0.5) is 0 Å². The molecule has 8 aromatic carbocycles. The van der Waals surface area contributed by atoms with Gasteiger partial charge in [-0.15, -0.1) is 0 Å². The molecule has 0 amide bonds. The SMILES string of the molecule is CC1(C)c2ccccc2-c2c(-c3cc(-c4ccc(-c5ccc6ccccc6c5)cc4)nc(-c4ccccc4)n3)cc3ccc(-c4ccccc4)cc3c21. The molecule has 10 rings (SSSR count). The normalized spacial score (nSPS) is 12.9. The summed E-state index contributed by atoms with van der Waals surface area (Å²) in [6.07, 6.45) is 0. The van der Waals surface area contributed by atoms with E-state index in [0.29, 0.717) is 0 Å². The molecular formula is C51H36N2. The molecule has 0 atom stereocenters. The third-order valence-corrected chi connectivity index (χ3v) is 11.0. The fourth-order valence-corrected chi connectivity index (χ4v) is 8.37. The summed E-state index contributed by atoms with van der Waals surface area (Å²) in [6, 6.07) is 65.4. The van der Waals surface area contributed by atoms with Crippen molar-refractivity contribution in [1.82, 2.24) is 9.97 Å². The van der Waals surface area contributed by atoms with Crippen LogP contribution in [-0.2, 0) is 5.41 Å². The van der Waals surface area contributed by atoms with Crippen molar-refractivity contribution < 1.29 is 0 Å². The van der Waals surface area contributed by atoms with Gasteiger partial charge in [0.2, 0.25) is 0 Å². The van der Waals surface area contributed by atoms with E-state index >= 15 is 0 Å². The Morgan fingerprint density at radius 2 is 0.943 bits per heavy atom. The minimum atomic E-state index is -0.202. The number of aromatic nitrogens is 2. The molecule has 2 heteroatoms. The van der Waals surface area contributed by atoms with Gasteiger partial charge in [-0.25, -0.2) is 9.97 Å². The summed E-state index contributed by atoms with van der Waals surface area (Å²) in [5.74, 6) is 0.718. The average molecular weight is 677 g/mol. The van der Waals surface area contributed by atoms with Crippen molar-refractivity contribution in [2.75, 3.05) is 0 Å². The summed E-state index contributed by atoms with van der Waals surface area (Å²) in [7, 11) is 0. The Morgan fingerprint density at radius 1 is 0.377 bits per heavy atom. The van der Waals surface area contributed by atoms with Crippen LogP contribution in [0.25, 0.3) is 88.8 Å². The Hall–Kier alpha value is -6.64. The second kappa shape index (κ2) is 12.3. The van der Waals surface area contributed by atoms with Crippen molar-refractivity contribution in [3.8, 4) is 67.3 Å². The summed E-state index contributed by atoms with van der Waals surface area (Å²) in [6.45, 7) is 4.74. The molecule has 9 aromatic rings. The molecule has 1 aromatic heterocycles. The Balaban J connectivity index is 1.18. The van der Waals surface area contributed by atoms with Gasteiger partial charge in [-0.1, -0.05) is 172 Å². The van der Waals surface area contributed by atoms with E-state index in [1.807, 2.05) is 6.07 Å². The molecule has 1 heterocycles. The van der Waals surface area contributed by atoms with Gasteiger partial charge in [-0.2, -0.15) is 0 Å². The topological polar surface area (TPSA) is 25.8 Å². The summed E-state index contributed by atoms with van der Waals surface area (Å²) in [4.78, 5) is 10.6. The fraction of sp³-hybridized carbons (Fsp3) is 0.0588. The zero-order valence-electron chi connectivity index (χ0n) is 29.7. The fourth-order valence-electron chi connectivity index (χ4n) is 8.37. The van der Waals surface area contributed by atoms with E-state index in [4.69, 9.17) is 9.97 Å². The van der Waals surface area contributed by atoms with E-state index in [1.165, 1.54) is 66.1 Å². The maximum atomic E-state index is 5.35. The van der Waals surface area contributed by atoms with Gasteiger partial charge in [0.05, 0.1) is 11.4 Å². The molecule has 2 nitrogen and oxygen atoms in total. The molecule has 0 fully saturated rings. The van der Waals surface area contributed by atoms with Crippen LogP contribution in [0.2, 0.25) is 0 Å². The lowest BCUT2D eigenvalue weighted by atomic mass is 9.79. The first-order chi connectivity index (χ1) is 26.0. The molecule has 0 bridgehead atoms. The molecule has 0 saturated heterocycles. The van der Waals surface area contributed by atoms with Crippen LogP contribution >= 0.6 is 0 Å². The number of rotatable bonds is 5. The minimum Gasteiger partial charge on any atom is -0.228 e. The quantitative estimate of drug-likeness (QED) is 0.181. The van der Waals surface area contributed by atoms with Crippen LogP contribution in [-0.4, -0.2) is 9.97 Å². The van der Waals surface area contributed by atoms with Crippen LogP contribution < -0.4 is 0 Å². The van der Waals surface area contributed by atoms with Gasteiger partial charge >= 0.3 is 0 Å². The average Bonchev–Trinajstić information content (AvgIpc) is 3.47. The van der Waals surface area contributed by atoms with Gasteiger partial charge in [0.25, 0.3) is 0 Å². The second-order valence-electron chi connectivity index (χ2n) is 14.6. The van der Waals surface area contributed by atoms with E-state index in [2.05, 4.69) is 190 Å². The van der Waals surface area contributed by atoms with Crippen molar-refractivity contribution in [2.24, 2.45) is 0 Å². The van der Waals surface area contributed by atoms with Crippen molar-refractivity contribution in [3.63, 3.8) is 0 Å². The standard InChI is InChI=1S/C51H36N2/c1-51(2)45-20-12-11-19-42(45)48-44(31-41-28-27-40(30-43(41)49(48)51)33-13-5-3-6-14-33)47-32-46(52-50(53-47)37-16-7-4-8-17-37)36-24-21-35(22-25-36)39-26-23-34-15-9-10-18-38(34)29-39/h3-32H,1-2H3. The van der Waals surface area contributed by atoms with Crippen LogP contribution in [0.1, 0.15) is 25.0 Å². The van der Waals surface area contributed by atoms with Crippen LogP contribution in [0.3, 0.4) is 0 Å². The van der Waals surface area contributed by atoms with Gasteiger partial charge in [-0.05, 0) is 90.3 Å². The molecule has 250 valence electrons. The van der Waals surface area contributed by atoms with Crippen LogP contribution in [0.5, 0.6) is 0 Å². The van der Waals surface area contributed by atoms with Crippen molar-refractivity contribution in [2.45, 2.75) is 19.3 Å². The van der Waals surface area contributed by atoms with Crippen molar-refractivity contribution in [3.05, 3.63) is 193 Å². The lowest BCUT2D eigenvalue weighted by molar-refractivity contribution is 0.666. The van der Waals surface area contributed by atoms with Crippen molar-refractivity contribution in [1.29, 1.82) is 0 Å². The van der Waals surface area contributed by atoms with E-state index in [9.17, 15) is 0 Å². The summed E-state index contributed by atoms with van der Waals surface area (Å²) in [5.41, 5.74) is 14.9. The molecule has 0 spiro atoms. The summed E-state index contributed by atoms with van der Waals surface area (Å²) < 4.78 is 0. The largest absolute Gasteiger partial charge is 0.228 e. The lowest BCUT2D eigenvalue weighted by Crippen LogP contribution is -2.15. The maximum absolute atomic E-state index is 5.35. The molecule has 0 radical (unpaired) electrons. The van der Waals surface area contributed by atoms with Crippen LogP contribution in [0, 0.1) is 0 Å². The lowest BCUT2D eigenvalue weighted by Gasteiger charge is -2.24. The second-order valence-corrected chi connectivity index (χ2v) is 14.6. The minimum absolute atomic E-state index is 0.202. The molecule has 0 unspecified atom stereocenters. The predicted octanol–water partition coefficient (Wildman–Crippen LogP) is 13.4. The first kappa shape index (κ1) is 31.1. The first-order valence-electron chi connectivity index (χ1n) is 18.3. The molecular weight excluding hydrogens is 641 g/mol. The van der Waals surface area contributed by atoms with Gasteiger partial charge < -0.3 is 0 Å². The smallest absolute Gasteiger partial charge is 0.160 e.